The summed E-state index contributed by atoms with van der Waals surface area (Å²) in [4.78, 5) is 28.2. The Bertz CT molecular complexity index is 1190. The van der Waals surface area contributed by atoms with Gasteiger partial charge in [0.2, 0.25) is 0 Å². The summed E-state index contributed by atoms with van der Waals surface area (Å²) in [5, 5.41) is 3.17. The van der Waals surface area contributed by atoms with Gasteiger partial charge in [0.05, 0.1) is 31.2 Å². The molecule has 3 aromatic carbocycles. The van der Waals surface area contributed by atoms with Crippen molar-refractivity contribution in [3.63, 3.8) is 0 Å². The molecule has 1 aliphatic heterocycles. The monoisotopic (exact) mass is 414 g/mol. The summed E-state index contributed by atoms with van der Waals surface area (Å²) in [6.07, 6.45) is 0. The van der Waals surface area contributed by atoms with Crippen LogP contribution in [0.4, 0.5) is 11.4 Å². The van der Waals surface area contributed by atoms with E-state index in [0.717, 1.165) is 5.56 Å². The molecule has 0 aliphatic carbocycles. The number of anilines is 2. The van der Waals surface area contributed by atoms with Gasteiger partial charge in [0, 0.05) is 5.56 Å². The lowest BCUT2D eigenvalue weighted by molar-refractivity contribution is -0.120. The van der Waals surface area contributed by atoms with Crippen LogP contribution in [0.3, 0.4) is 0 Å². The van der Waals surface area contributed by atoms with Gasteiger partial charge >= 0.3 is 0 Å². The van der Waals surface area contributed by atoms with Crippen LogP contribution in [0.1, 0.15) is 11.1 Å². The van der Waals surface area contributed by atoms with Gasteiger partial charge in [-0.25, -0.2) is 4.90 Å². The standard InChI is InChI=1S/C25H22N2O4/c1-16-13-14-21(31-3)19(15-16)26-23-22(18-11-7-8-12-20(18)30-2)24(28)27(25(23)29)17-9-5-4-6-10-17/h4-15,26H,1-3H3. The number of para-hydroxylation sites is 2. The summed E-state index contributed by atoms with van der Waals surface area (Å²) < 4.78 is 10.9. The van der Waals surface area contributed by atoms with Gasteiger partial charge in [0.25, 0.3) is 11.8 Å². The Morgan fingerprint density at radius 3 is 2.16 bits per heavy atom. The first-order valence-corrected chi connectivity index (χ1v) is 9.78. The van der Waals surface area contributed by atoms with Crippen LogP contribution in [-0.4, -0.2) is 26.0 Å². The molecule has 1 aliphatic rings. The van der Waals surface area contributed by atoms with Crippen LogP contribution >= 0.6 is 0 Å². The molecule has 3 aromatic rings. The van der Waals surface area contributed by atoms with E-state index in [-0.39, 0.29) is 11.3 Å². The van der Waals surface area contributed by atoms with E-state index >= 15 is 0 Å². The average molecular weight is 414 g/mol. The van der Waals surface area contributed by atoms with Crippen molar-refractivity contribution in [1.82, 2.24) is 0 Å². The van der Waals surface area contributed by atoms with Crippen LogP contribution in [0.15, 0.2) is 78.5 Å². The maximum absolute atomic E-state index is 13.5. The predicted octanol–water partition coefficient (Wildman–Crippen LogP) is 4.41. The minimum atomic E-state index is -0.444. The van der Waals surface area contributed by atoms with E-state index in [4.69, 9.17) is 9.47 Å². The highest BCUT2D eigenvalue weighted by atomic mass is 16.5. The van der Waals surface area contributed by atoms with Crippen molar-refractivity contribution in [3.8, 4) is 11.5 Å². The van der Waals surface area contributed by atoms with E-state index in [9.17, 15) is 9.59 Å². The van der Waals surface area contributed by atoms with Gasteiger partial charge in [-0.3, -0.25) is 9.59 Å². The summed E-state index contributed by atoms with van der Waals surface area (Å²) in [7, 11) is 3.09. The third-order valence-electron chi connectivity index (χ3n) is 5.09. The van der Waals surface area contributed by atoms with Gasteiger partial charge in [0.1, 0.15) is 17.2 Å². The third kappa shape index (κ3) is 3.64. The molecule has 0 unspecified atom stereocenters. The van der Waals surface area contributed by atoms with Gasteiger partial charge in [-0.2, -0.15) is 0 Å². The Hall–Kier alpha value is -4.06. The van der Waals surface area contributed by atoms with Crippen LogP contribution in [0.25, 0.3) is 5.57 Å². The number of aryl methyl sites for hydroxylation is 1. The van der Waals surface area contributed by atoms with Crippen LogP contribution < -0.4 is 19.7 Å². The number of carbonyl (C=O) groups is 2. The summed E-state index contributed by atoms with van der Waals surface area (Å²) >= 11 is 0. The predicted molar refractivity (Wildman–Crippen MR) is 120 cm³/mol. The van der Waals surface area contributed by atoms with Crippen molar-refractivity contribution in [2.45, 2.75) is 6.92 Å². The first-order chi connectivity index (χ1) is 15.0. The molecule has 0 fully saturated rings. The number of nitrogens with zero attached hydrogens (tertiary/aromatic N) is 1. The van der Waals surface area contributed by atoms with E-state index in [1.165, 1.54) is 12.0 Å². The molecule has 0 atom stereocenters. The molecular formula is C25H22N2O4. The number of hydrogen-bond acceptors (Lipinski definition) is 5. The van der Waals surface area contributed by atoms with E-state index in [0.29, 0.717) is 28.4 Å². The molecule has 6 heteroatoms. The zero-order valence-corrected chi connectivity index (χ0v) is 17.5. The molecule has 0 saturated carbocycles. The van der Waals surface area contributed by atoms with Gasteiger partial charge in [-0.05, 0) is 42.8 Å². The zero-order chi connectivity index (χ0) is 22.0. The summed E-state index contributed by atoms with van der Waals surface area (Å²) in [5.74, 6) is 0.204. The van der Waals surface area contributed by atoms with E-state index in [2.05, 4.69) is 5.32 Å². The van der Waals surface area contributed by atoms with Crippen LogP contribution in [0, 0.1) is 6.92 Å². The number of methoxy groups -OCH3 is 2. The number of carbonyl (C=O) groups excluding carboxylic acids is 2. The van der Waals surface area contributed by atoms with Gasteiger partial charge < -0.3 is 14.8 Å². The molecule has 31 heavy (non-hydrogen) atoms. The fourth-order valence-electron chi connectivity index (χ4n) is 3.61. The second kappa shape index (κ2) is 8.36. The molecule has 0 radical (unpaired) electrons. The molecule has 1 N–H and O–H groups in total. The highest BCUT2D eigenvalue weighted by Crippen LogP contribution is 2.38. The van der Waals surface area contributed by atoms with Crippen molar-refractivity contribution < 1.29 is 19.1 Å². The maximum Gasteiger partial charge on any atom is 0.282 e. The second-order valence-electron chi connectivity index (χ2n) is 7.06. The topological polar surface area (TPSA) is 67.9 Å². The molecule has 0 saturated heterocycles. The number of ether oxygens (including phenoxy) is 2. The Morgan fingerprint density at radius 1 is 0.774 bits per heavy atom. The second-order valence-corrected chi connectivity index (χ2v) is 7.06. The highest BCUT2D eigenvalue weighted by molar-refractivity contribution is 6.46. The molecule has 0 spiro atoms. The minimum Gasteiger partial charge on any atom is -0.496 e. The van der Waals surface area contributed by atoms with Crippen molar-refractivity contribution in [3.05, 3.63) is 89.6 Å². The van der Waals surface area contributed by atoms with E-state index < -0.39 is 11.8 Å². The Balaban J connectivity index is 1.90. The highest BCUT2D eigenvalue weighted by Gasteiger charge is 2.41. The average Bonchev–Trinajstić information content (AvgIpc) is 3.03. The number of benzene rings is 3. The smallest absolute Gasteiger partial charge is 0.282 e. The normalized spacial score (nSPS) is 13.6. The van der Waals surface area contributed by atoms with Crippen molar-refractivity contribution in [2.24, 2.45) is 0 Å². The fraction of sp³-hybridized carbons (Fsp3) is 0.120. The molecule has 1 heterocycles. The van der Waals surface area contributed by atoms with Crippen LogP contribution in [0.2, 0.25) is 0 Å². The number of amides is 2. The van der Waals surface area contributed by atoms with Gasteiger partial charge in [-0.15, -0.1) is 0 Å². The molecule has 4 rings (SSSR count). The maximum atomic E-state index is 13.5. The molecule has 156 valence electrons. The number of hydrogen-bond donors (Lipinski definition) is 1. The molecule has 6 nitrogen and oxygen atoms in total. The van der Waals surface area contributed by atoms with Crippen molar-refractivity contribution >= 4 is 28.8 Å². The summed E-state index contributed by atoms with van der Waals surface area (Å²) in [6.45, 7) is 1.94. The molecule has 2 amide bonds. The zero-order valence-electron chi connectivity index (χ0n) is 17.5. The SMILES string of the molecule is COc1ccc(C)cc1NC1=C(c2ccccc2OC)C(=O)N(c2ccccc2)C1=O. The fourth-order valence-corrected chi connectivity index (χ4v) is 3.61. The summed E-state index contributed by atoms with van der Waals surface area (Å²) in [6, 6.07) is 21.6. The van der Waals surface area contributed by atoms with Crippen molar-refractivity contribution in [1.29, 1.82) is 0 Å². The minimum absolute atomic E-state index is 0.169. The Labute approximate surface area is 180 Å². The quantitative estimate of drug-likeness (QED) is 0.605. The van der Waals surface area contributed by atoms with Crippen molar-refractivity contribution in [2.75, 3.05) is 24.4 Å². The van der Waals surface area contributed by atoms with E-state index in [1.54, 1.807) is 49.6 Å². The number of nitrogens with one attached hydrogen (secondary N) is 1. The number of imide groups is 1. The molecule has 0 aromatic heterocycles. The van der Waals surface area contributed by atoms with Gasteiger partial charge in [0.15, 0.2) is 0 Å². The van der Waals surface area contributed by atoms with Crippen LogP contribution in [-0.2, 0) is 9.59 Å². The lowest BCUT2D eigenvalue weighted by Gasteiger charge is -2.16. The third-order valence-corrected chi connectivity index (χ3v) is 5.09. The lowest BCUT2D eigenvalue weighted by Crippen LogP contribution is -2.32. The molecule has 0 bridgehead atoms. The summed E-state index contributed by atoms with van der Waals surface area (Å²) in [5.41, 5.74) is 3.03. The number of rotatable bonds is 6. The van der Waals surface area contributed by atoms with Crippen LogP contribution in [0.5, 0.6) is 11.5 Å². The van der Waals surface area contributed by atoms with E-state index in [1.807, 2.05) is 37.3 Å². The largest absolute Gasteiger partial charge is 0.496 e. The molecular weight excluding hydrogens is 392 g/mol. The lowest BCUT2D eigenvalue weighted by atomic mass is 10.0. The van der Waals surface area contributed by atoms with Gasteiger partial charge in [-0.1, -0.05) is 42.5 Å². The first kappa shape index (κ1) is 20.2. The Kier molecular flexibility index (Phi) is 5.45. The Morgan fingerprint density at radius 2 is 1.45 bits per heavy atom. The first-order valence-electron chi connectivity index (χ1n) is 9.78.